The maximum atomic E-state index is 10.5. The Kier molecular flexibility index (Phi) is 2.91. The van der Waals surface area contributed by atoms with Crippen molar-refractivity contribution in [2.45, 2.75) is 20.4 Å². The first kappa shape index (κ1) is 11.3. The van der Waals surface area contributed by atoms with Crippen molar-refractivity contribution in [2.24, 2.45) is 0 Å². The number of benzene rings is 1. The summed E-state index contributed by atoms with van der Waals surface area (Å²) in [4.78, 5) is 10.5. The number of carboxylic acid groups (broad SMARTS) is 1. The number of nitrogens with zero attached hydrogens (tertiary/aromatic N) is 3. The van der Waals surface area contributed by atoms with Gasteiger partial charge >= 0.3 is 5.97 Å². The minimum Gasteiger partial charge on any atom is -0.480 e. The third-order valence-electron chi connectivity index (χ3n) is 2.50. The highest BCUT2D eigenvalue weighted by molar-refractivity contribution is 5.67. The number of aliphatic carboxylic acids is 1. The van der Waals surface area contributed by atoms with Crippen LogP contribution in [-0.2, 0) is 11.3 Å². The van der Waals surface area contributed by atoms with E-state index < -0.39 is 5.97 Å². The summed E-state index contributed by atoms with van der Waals surface area (Å²) in [5, 5.41) is 16.4. The van der Waals surface area contributed by atoms with Crippen LogP contribution in [0.25, 0.3) is 11.3 Å². The van der Waals surface area contributed by atoms with E-state index in [1.54, 1.807) is 6.20 Å². The molecule has 0 saturated heterocycles. The van der Waals surface area contributed by atoms with Gasteiger partial charge in [0.05, 0.1) is 6.20 Å². The van der Waals surface area contributed by atoms with Crippen LogP contribution >= 0.6 is 0 Å². The Labute approximate surface area is 98.7 Å². The molecule has 0 amide bonds. The van der Waals surface area contributed by atoms with E-state index in [0.29, 0.717) is 5.69 Å². The Morgan fingerprint density at radius 2 is 2.18 bits per heavy atom. The maximum absolute atomic E-state index is 10.5. The zero-order valence-corrected chi connectivity index (χ0v) is 9.71. The number of carboxylic acids is 1. The molecule has 2 rings (SSSR count). The summed E-state index contributed by atoms with van der Waals surface area (Å²) < 4.78 is 1.32. The Morgan fingerprint density at radius 3 is 2.88 bits per heavy atom. The van der Waals surface area contributed by atoms with Gasteiger partial charge in [0.15, 0.2) is 0 Å². The average molecular weight is 231 g/mol. The van der Waals surface area contributed by atoms with Crippen LogP contribution in [0.5, 0.6) is 0 Å². The van der Waals surface area contributed by atoms with E-state index in [0.717, 1.165) is 16.7 Å². The molecule has 0 atom stereocenters. The van der Waals surface area contributed by atoms with Crippen LogP contribution in [-0.4, -0.2) is 26.1 Å². The minimum absolute atomic E-state index is 0.169. The predicted octanol–water partition coefficient (Wildman–Crippen LogP) is 1.65. The van der Waals surface area contributed by atoms with E-state index in [2.05, 4.69) is 10.3 Å². The van der Waals surface area contributed by atoms with Crippen molar-refractivity contribution in [1.29, 1.82) is 0 Å². The van der Waals surface area contributed by atoms with Crippen molar-refractivity contribution in [1.82, 2.24) is 15.0 Å². The van der Waals surface area contributed by atoms with Crippen LogP contribution in [0.4, 0.5) is 0 Å². The third kappa shape index (κ3) is 2.50. The molecule has 0 bridgehead atoms. The highest BCUT2D eigenvalue weighted by atomic mass is 16.4. The van der Waals surface area contributed by atoms with Gasteiger partial charge in [-0.05, 0) is 25.5 Å². The van der Waals surface area contributed by atoms with Gasteiger partial charge in [-0.25, -0.2) is 4.68 Å². The van der Waals surface area contributed by atoms with Crippen LogP contribution in [0.2, 0.25) is 0 Å². The standard InChI is InChI=1S/C12H13N3O2/c1-8-3-4-9(2)10(5-8)11-6-15(14-13-11)7-12(16)17/h3-6H,7H2,1-2H3,(H,16,17). The molecule has 1 N–H and O–H groups in total. The molecule has 0 unspecified atom stereocenters. The molecule has 1 aromatic heterocycles. The Balaban J connectivity index is 2.36. The highest BCUT2D eigenvalue weighted by Crippen LogP contribution is 2.21. The molecule has 0 aliphatic heterocycles. The van der Waals surface area contributed by atoms with Gasteiger partial charge < -0.3 is 5.11 Å². The van der Waals surface area contributed by atoms with E-state index in [1.807, 2.05) is 32.0 Å². The van der Waals surface area contributed by atoms with Crippen molar-refractivity contribution in [3.63, 3.8) is 0 Å². The molecule has 5 nitrogen and oxygen atoms in total. The SMILES string of the molecule is Cc1ccc(C)c(-c2cn(CC(=O)O)nn2)c1. The molecule has 0 aliphatic carbocycles. The van der Waals surface area contributed by atoms with Crippen molar-refractivity contribution >= 4 is 5.97 Å². The summed E-state index contributed by atoms with van der Waals surface area (Å²) in [5.41, 5.74) is 3.92. The van der Waals surface area contributed by atoms with Gasteiger partial charge in [-0.2, -0.15) is 0 Å². The molecule has 0 spiro atoms. The summed E-state index contributed by atoms with van der Waals surface area (Å²) in [6, 6.07) is 6.06. The Morgan fingerprint density at radius 1 is 1.41 bits per heavy atom. The van der Waals surface area contributed by atoms with Crippen LogP contribution < -0.4 is 0 Å². The second-order valence-corrected chi connectivity index (χ2v) is 4.01. The summed E-state index contributed by atoms with van der Waals surface area (Å²) in [6.07, 6.45) is 1.65. The zero-order valence-electron chi connectivity index (χ0n) is 9.71. The van der Waals surface area contributed by atoms with E-state index >= 15 is 0 Å². The number of hydrogen-bond donors (Lipinski definition) is 1. The summed E-state index contributed by atoms with van der Waals surface area (Å²) in [5.74, 6) is -0.928. The number of carbonyl (C=O) groups is 1. The molecular weight excluding hydrogens is 218 g/mol. The summed E-state index contributed by atoms with van der Waals surface area (Å²) in [7, 11) is 0. The Bertz CT molecular complexity index is 561. The first-order chi connectivity index (χ1) is 8.06. The lowest BCUT2D eigenvalue weighted by molar-refractivity contribution is -0.137. The second kappa shape index (κ2) is 4.37. The van der Waals surface area contributed by atoms with Crippen LogP contribution in [0.1, 0.15) is 11.1 Å². The third-order valence-corrected chi connectivity index (χ3v) is 2.50. The first-order valence-corrected chi connectivity index (χ1v) is 5.26. The highest BCUT2D eigenvalue weighted by Gasteiger charge is 2.08. The van der Waals surface area contributed by atoms with Crippen LogP contribution in [0, 0.1) is 13.8 Å². The molecule has 5 heteroatoms. The van der Waals surface area contributed by atoms with Gasteiger partial charge in [-0.1, -0.05) is 22.9 Å². The summed E-state index contributed by atoms with van der Waals surface area (Å²) in [6.45, 7) is 3.83. The van der Waals surface area contributed by atoms with Crippen LogP contribution in [0.3, 0.4) is 0 Å². The van der Waals surface area contributed by atoms with Gasteiger partial charge in [-0.3, -0.25) is 4.79 Å². The number of rotatable bonds is 3. The zero-order chi connectivity index (χ0) is 12.4. The fraction of sp³-hybridized carbons (Fsp3) is 0.250. The topological polar surface area (TPSA) is 68.0 Å². The van der Waals surface area contributed by atoms with E-state index in [1.165, 1.54) is 4.68 Å². The largest absolute Gasteiger partial charge is 0.480 e. The first-order valence-electron chi connectivity index (χ1n) is 5.26. The van der Waals surface area contributed by atoms with Gasteiger partial charge in [-0.15, -0.1) is 5.10 Å². The van der Waals surface area contributed by atoms with Crippen molar-refractivity contribution in [3.8, 4) is 11.3 Å². The predicted molar refractivity (Wildman–Crippen MR) is 62.6 cm³/mol. The summed E-state index contributed by atoms with van der Waals surface area (Å²) >= 11 is 0. The molecular formula is C12H13N3O2. The van der Waals surface area contributed by atoms with E-state index in [9.17, 15) is 4.79 Å². The van der Waals surface area contributed by atoms with Gasteiger partial charge in [0, 0.05) is 5.56 Å². The van der Waals surface area contributed by atoms with Crippen LogP contribution in [0.15, 0.2) is 24.4 Å². The fourth-order valence-electron chi connectivity index (χ4n) is 1.65. The Hall–Kier alpha value is -2.17. The van der Waals surface area contributed by atoms with Crippen molar-refractivity contribution in [3.05, 3.63) is 35.5 Å². The molecule has 1 heterocycles. The molecule has 0 saturated carbocycles. The van der Waals surface area contributed by atoms with E-state index in [-0.39, 0.29) is 6.54 Å². The lowest BCUT2D eigenvalue weighted by Crippen LogP contribution is -2.08. The van der Waals surface area contributed by atoms with Gasteiger partial charge in [0.25, 0.3) is 0 Å². The maximum Gasteiger partial charge on any atom is 0.325 e. The molecule has 88 valence electrons. The molecule has 2 aromatic rings. The number of hydrogen-bond acceptors (Lipinski definition) is 3. The number of aryl methyl sites for hydroxylation is 2. The molecule has 0 fully saturated rings. The molecule has 17 heavy (non-hydrogen) atoms. The normalized spacial score (nSPS) is 10.5. The minimum atomic E-state index is -0.928. The lowest BCUT2D eigenvalue weighted by Gasteiger charge is -2.02. The monoisotopic (exact) mass is 231 g/mol. The van der Waals surface area contributed by atoms with Gasteiger partial charge in [0.1, 0.15) is 12.2 Å². The van der Waals surface area contributed by atoms with Gasteiger partial charge in [0.2, 0.25) is 0 Å². The lowest BCUT2D eigenvalue weighted by atomic mass is 10.0. The number of aromatic nitrogens is 3. The fourth-order valence-corrected chi connectivity index (χ4v) is 1.65. The molecule has 0 radical (unpaired) electrons. The molecule has 0 aliphatic rings. The smallest absolute Gasteiger partial charge is 0.325 e. The molecule has 1 aromatic carbocycles. The van der Waals surface area contributed by atoms with Crippen molar-refractivity contribution in [2.75, 3.05) is 0 Å². The van der Waals surface area contributed by atoms with E-state index in [4.69, 9.17) is 5.11 Å². The average Bonchev–Trinajstić information content (AvgIpc) is 2.69. The van der Waals surface area contributed by atoms with Crippen molar-refractivity contribution < 1.29 is 9.90 Å². The quantitative estimate of drug-likeness (QED) is 0.872. The second-order valence-electron chi connectivity index (χ2n) is 4.01.